The summed E-state index contributed by atoms with van der Waals surface area (Å²) in [7, 11) is 0. The lowest BCUT2D eigenvalue weighted by atomic mass is 9.88. The first-order valence-corrected chi connectivity index (χ1v) is 12.6. The summed E-state index contributed by atoms with van der Waals surface area (Å²) in [6.45, 7) is 0. The third-order valence-electron chi connectivity index (χ3n) is 7.37. The number of hydrogen-bond donors (Lipinski definition) is 9. The first kappa shape index (κ1) is 27.5. The van der Waals surface area contributed by atoms with Crippen molar-refractivity contribution in [2.24, 2.45) is 0 Å². The molecule has 0 aliphatic carbocycles. The molecular formula is C30H22O13. The van der Waals surface area contributed by atoms with Gasteiger partial charge in [-0.3, -0.25) is 9.59 Å². The summed E-state index contributed by atoms with van der Waals surface area (Å²) in [5, 5.41) is 93.5. The van der Waals surface area contributed by atoms with Crippen LogP contribution in [0.2, 0.25) is 0 Å². The van der Waals surface area contributed by atoms with Gasteiger partial charge < -0.3 is 55.4 Å². The van der Waals surface area contributed by atoms with Gasteiger partial charge in [-0.15, -0.1) is 0 Å². The Morgan fingerprint density at radius 2 is 1.05 bits per heavy atom. The van der Waals surface area contributed by atoms with E-state index in [2.05, 4.69) is 0 Å². The normalized spacial score (nSPS) is 21.0. The van der Waals surface area contributed by atoms with Crippen molar-refractivity contribution in [3.05, 3.63) is 76.9 Å². The van der Waals surface area contributed by atoms with Crippen molar-refractivity contribution in [1.29, 1.82) is 0 Å². The average Bonchev–Trinajstić information content (AvgIpc) is 2.94. The first-order valence-electron chi connectivity index (χ1n) is 12.6. The summed E-state index contributed by atoms with van der Waals surface area (Å²) >= 11 is 0. The van der Waals surface area contributed by atoms with E-state index in [1.165, 1.54) is 18.2 Å². The van der Waals surface area contributed by atoms with Gasteiger partial charge in [0.1, 0.15) is 51.4 Å². The van der Waals surface area contributed by atoms with Crippen LogP contribution in [0.25, 0.3) is 11.1 Å². The molecule has 9 N–H and O–H groups in total. The van der Waals surface area contributed by atoms with Crippen LogP contribution in [0.15, 0.2) is 54.6 Å². The van der Waals surface area contributed by atoms with Gasteiger partial charge in [-0.1, -0.05) is 12.1 Å². The number of hydrogen-bond acceptors (Lipinski definition) is 13. The quantitative estimate of drug-likeness (QED) is 0.156. The van der Waals surface area contributed by atoms with Gasteiger partial charge in [0.2, 0.25) is 11.6 Å². The number of phenolic OH excluding ortho intramolecular Hbond substituents is 7. The molecule has 0 radical (unpaired) electrons. The lowest BCUT2D eigenvalue weighted by molar-refractivity contribution is 0.0207. The van der Waals surface area contributed by atoms with E-state index in [1.54, 1.807) is 0 Å². The van der Waals surface area contributed by atoms with Gasteiger partial charge in [0.25, 0.3) is 0 Å². The van der Waals surface area contributed by atoms with Crippen LogP contribution >= 0.6 is 0 Å². The third kappa shape index (κ3) is 4.26. The fraction of sp³-hybridized carbons (Fsp3) is 0.133. The van der Waals surface area contributed by atoms with Crippen molar-refractivity contribution in [1.82, 2.24) is 0 Å². The molecule has 0 fully saturated rings. The molecule has 2 heterocycles. The minimum Gasteiger partial charge on any atom is -0.508 e. The monoisotopic (exact) mass is 590 g/mol. The Hall–Kier alpha value is -5.66. The molecule has 13 heteroatoms. The SMILES string of the molecule is O=C1c2c(cc(O)c(-c3cc([C@H]4Oc5cc(O)cc(O)c5C(=O)[C@@H]4O)ccc3O)c2O)O[C@H](c2ccc(O)c(O)c2)[C@@H]1O. The average molecular weight is 590 g/mol. The highest BCUT2D eigenvalue weighted by molar-refractivity contribution is 6.08. The molecule has 0 saturated heterocycles. The van der Waals surface area contributed by atoms with Crippen LogP contribution in [-0.4, -0.2) is 69.7 Å². The van der Waals surface area contributed by atoms with Crippen LogP contribution in [0, 0.1) is 0 Å². The maximum atomic E-state index is 13.2. The molecule has 2 aliphatic heterocycles. The number of ether oxygens (including phenoxy) is 2. The molecule has 220 valence electrons. The Balaban J connectivity index is 1.42. The van der Waals surface area contributed by atoms with Gasteiger partial charge in [0, 0.05) is 23.8 Å². The van der Waals surface area contributed by atoms with Crippen molar-refractivity contribution < 1.29 is 65.0 Å². The highest BCUT2D eigenvalue weighted by Crippen LogP contribution is 2.51. The van der Waals surface area contributed by atoms with E-state index in [0.717, 1.165) is 36.4 Å². The fourth-order valence-corrected chi connectivity index (χ4v) is 5.28. The Kier molecular flexibility index (Phi) is 6.22. The molecular weight excluding hydrogens is 568 g/mol. The minimum absolute atomic E-state index is 0.0634. The fourth-order valence-electron chi connectivity index (χ4n) is 5.28. The number of fused-ring (bicyclic) bond motifs is 2. The summed E-state index contributed by atoms with van der Waals surface area (Å²) in [4.78, 5) is 26.1. The number of aliphatic hydroxyl groups excluding tert-OH is 2. The maximum Gasteiger partial charge on any atom is 0.202 e. The zero-order valence-electron chi connectivity index (χ0n) is 21.7. The summed E-state index contributed by atoms with van der Waals surface area (Å²) in [6, 6.07) is 10.0. The molecule has 4 aromatic carbocycles. The number of benzene rings is 4. The van der Waals surface area contributed by atoms with E-state index >= 15 is 0 Å². The Bertz CT molecular complexity index is 1850. The van der Waals surface area contributed by atoms with E-state index in [9.17, 15) is 55.5 Å². The zero-order chi connectivity index (χ0) is 30.9. The van der Waals surface area contributed by atoms with Gasteiger partial charge >= 0.3 is 0 Å². The van der Waals surface area contributed by atoms with E-state index in [0.29, 0.717) is 0 Å². The second-order valence-electron chi connectivity index (χ2n) is 10.1. The van der Waals surface area contributed by atoms with Crippen LogP contribution in [0.1, 0.15) is 44.1 Å². The standard InChI is InChI=1S/C30H22O13/c31-12-7-17(35)22-19(8-12)42-29(27(40)25(22)38)10-1-3-14(32)13(5-10)21-18(36)9-20-23(24(21)37)26(39)28(41)30(43-20)11-2-4-15(33)16(34)6-11/h1-9,27-37,40-41H/t27-,28+,29+,30+/m0/s1. The largest absolute Gasteiger partial charge is 0.508 e. The van der Waals surface area contributed by atoms with Crippen LogP contribution in [-0.2, 0) is 0 Å². The first-order chi connectivity index (χ1) is 20.4. The van der Waals surface area contributed by atoms with Crippen molar-refractivity contribution >= 4 is 11.6 Å². The van der Waals surface area contributed by atoms with E-state index in [1.807, 2.05) is 0 Å². The Labute approximate surface area is 240 Å². The minimum atomic E-state index is -1.88. The van der Waals surface area contributed by atoms with Gasteiger partial charge in [-0.05, 0) is 35.4 Å². The number of rotatable bonds is 3. The molecule has 0 spiro atoms. The number of aliphatic hydroxyl groups is 2. The molecule has 4 aromatic rings. The van der Waals surface area contributed by atoms with Gasteiger partial charge in [-0.2, -0.15) is 0 Å². The molecule has 13 nitrogen and oxygen atoms in total. The van der Waals surface area contributed by atoms with Crippen molar-refractivity contribution in [2.45, 2.75) is 24.4 Å². The predicted molar refractivity (Wildman–Crippen MR) is 144 cm³/mol. The number of Topliss-reactive ketones (excluding diaryl/α,β-unsaturated/α-hetero) is 2. The van der Waals surface area contributed by atoms with Crippen LogP contribution in [0.5, 0.6) is 51.7 Å². The molecule has 0 bridgehead atoms. The summed E-state index contributed by atoms with van der Waals surface area (Å²) < 4.78 is 11.4. The number of aromatic hydroxyl groups is 7. The topological polar surface area (TPSA) is 235 Å². The van der Waals surface area contributed by atoms with E-state index < -0.39 is 87.4 Å². The predicted octanol–water partition coefficient (Wildman–Crippen LogP) is 2.65. The Morgan fingerprint density at radius 1 is 0.512 bits per heavy atom. The molecule has 2 aliphatic rings. The molecule has 0 unspecified atom stereocenters. The highest BCUT2D eigenvalue weighted by atomic mass is 16.5. The van der Waals surface area contributed by atoms with E-state index in [-0.39, 0.29) is 33.8 Å². The second kappa shape index (κ2) is 9.72. The molecule has 0 saturated carbocycles. The number of ketones is 2. The Morgan fingerprint density at radius 3 is 1.67 bits per heavy atom. The van der Waals surface area contributed by atoms with Crippen molar-refractivity contribution in [3.8, 4) is 62.9 Å². The lowest BCUT2D eigenvalue weighted by Gasteiger charge is -2.31. The third-order valence-corrected chi connectivity index (χ3v) is 7.37. The van der Waals surface area contributed by atoms with Gasteiger partial charge in [0.05, 0.1) is 5.56 Å². The summed E-state index contributed by atoms with van der Waals surface area (Å²) in [6.07, 6.45) is -6.52. The van der Waals surface area contributed by atoms with Crippen LogP contribution in [0.4, 0.5) is 0 Å². The van der Waals surface area contributed by atoms with E-state index in [4.69, 9.17) is 9.47 Å². The molecule has 43 heavy (non-hydrogen) atoms. The zero-order valence-corrected chi connectivity index (χ0v) is 21.7. The maximum absolute atomic E-state index is 13.2. The number of carbonyl (C=O) groups excluding carboxylic acids is 2. The summed E-state index contributed by atoms with van der Waals surface area (Å²) in [5.41, 5.74) is -1.39. The van der Waals surface area contributed by atoms with Crippen molar-refractivity contribution in [2.75, 3.05) is 0 Å². The molecule has 4 atom stereocenters. The second-order valence-corrected chi connectivity index (χ2v) is 10.1. The van der Waals surface area contributed by atoms with Crippen molar-refractivity contribution in [3.63, 3.8) is 0 Å². The number of phenols is 7. The van der Waals surface area contributed by atoms with Crippen LogP contribution < -0.4 is 9.47 Å². The smallest absolute Gasteiger partial charge is 0.202 e. The highest BCUT2D eigenvalue weighted by Gasteiger charge is 2.42. The molecule has 0 aromatic heterocycles. The number of carbonyl (C=O) groups is 2. The summed E-state index contributed by atoms with van der Waals surface area (Å²) in [5.74, 6) is -6.49. The van der Waals surface area contributed by atoms with Crippen LogP contribution in [0.3, 0.4) is 0 Å². The molecule has 0 amide bonds. The van der Waals surface area contributed by atoms with Gasteiger partial charge in [-0.25, -0.2) is 0 Å². The molecule has 6 rings (SSSR count). The lowest BCUT2D eigenvalue weighted by Crippen LogP contribution is -2.36. The van der Waals surface area contributed by atoms with Gasteiger partial charge in [0.15, 0.2) is 35.9 Å².